The van der Waals surface area contributed by atoms with Crippen molar-refractivity contribution in [3.05, 3.63) is 15.8 Å². The van der Waals surface area contributed by atoms with Crippen molar-refractivity contribution < 1.29 is 10.0 Å². The van der Waals surface area contributed by atoms with Gasteiger partial charge in [0.05, 0.1) is 4.92 Å². The summed E-state index contributed by atoms with van der Waals surface area (Å²) in [6, 6.07) is 0. The predicted octanol–water partition coefficient (Wildman–Crippen LogP) is 2.10. The lowest BCUT2D eigenvalue weighted by Crippen LogP contribution is -2.17. The largest absolute Gasteiger partial charge is 0.396 e. The summed E-state index contributed by atoms with van der Waals surface area (Å²) in [5, 5.41) is 27.6. The van der Waals surface area contributed by atoms with Crippen molar-refractivity contribution in [1.29, 1.82) is 0 Å². The van der Waals surface area contributed by atoms with E-state index in [1.165, 1.54) is 4.68 Å². The molecule has 0 aromatic carbocycles. The van der Waals surface area contributed by atoms with Crippen molar-refractivity contribution in [2.24, 2.45) is 13.0 Å². The minimum atomic E-state index is -0.368. The van der Waals surface area contributed by atoms with Crippen LogP contribution in [-0.2, 0) is 13.5 Å². The molecule has 0 spiro atoms. The Labute approximate surface area is 119 Å². The molecule has 20 heavy (non-hydrogen) atoms. The smallest absolute Gasteiger partial charge is 0.333 e. The van der Waals surface area contributed by atoms with E-state index < -0.39 is 0 Å². The van der Waals surface area contributed by atoms with Crippen LogP contribution < -0.4 is 5.32 Å². The molecule has 1 unspecified atom stereocenters. The third-order valence-corrected chi connectivity index (χ3v) is 3.43. The molecule has 7 nitrogen and oxygen atoms in total. The fourth-order valence-corrected chi connectivity index (χ4v) is 2.24. The number of nitrogens with zero attached hydrogens (tertiary/aromatic N) is 3. The molecule has 1 aromatic rings. The maximum Gasteiger partial charge on any atom is 0.333 e. The fourth-order valence-electron chi connectivity index (χ4n) is 2.24. The van der Waals surface area contributed by atoms with Crippen LogP contribution in [0.5, 0.6) is 0 Å². The second-order valence-corrected chi connectivity index (χ2v) is 4.94. The van der Waals surface area contributed by atoms with Crippen molar-refractivity contribution in [3.63, 3.8) is 0 Å². The van der Waals surface area contributed by atoms with Crippen LogP contribution in [0.3, 0.4) is 0 Å². The van der Waals surface area contributed by atoms with Gasteiger partial charge in [-0.3, -0.25) is 10.1 Å². The van der Waals surface area contributed by atoms with Crippen LogP contribution in [0.25, 0.3) is 0 Å². The highest BCUT2D eigenvalue weighted by Gasteiger charge is 2.26. The molecule has 0 radical (unpaired) electrons. The third kappa shape index (κ3) is 3.93. The van der Waals surface area contributed by atoms with E-state index in [4.69, 9.17) is 5.11 Å². The van der Waals surface area contributed by atoms with Crippen LogP contribution in [0, 0.1) is 16.0 Å². The first-order chi connectivity index (χ1) is 9.54. The first-order valence-corrected chi connectivity index (χ1v) is 7.10. The molecular weight excluding hydrogens is 260 g/mol. The zero-order valence-electron chi connectivity index (χ0n) is 12.4. The van der Waals surface area contributed by atoms with Gasteiger partial charge in [0.1, 0.15) is 5.69 Å². The van der Waals surface area contributed by atoms with Crippen molar-refractivity contribution in [2.45, 2.75) is 39.5 Å². The van der Waals surface area contributed by atoms with Crippen LogP contribution in [-0.4, -0.2) is 33.0 Å². The van der Waals surface area contributed by atoms with Gasteiger partial charge in [0.25, 0.3) is 0 Å². The van der Waals surface area contributed by atoms with E-state index in [1.807, 2.05) is 13.8 Å². The molecule has 0 fully saturated rings. The van der Waals surface area contributed by atoms with Crippen LogP contribution in [0.2, 0.25) is 0 Å². The van der Waals surface area contributed by atoms with E-state index in [1.54, 1.807) is 7.05 Å². The van der Waals surface area contributed by atoms with Crippen LogP contribution in [0.15, 0.2) is 0 Å². The molecule has 1 aromatic heterocycles. The third-order valence-electron chi connectivity index (χ3n) is 3.43. The van der Waals surface area contributed by atoms with Crippen molar-refractivity contribution in [3.8, 4) is 0 Å². The fraction of sp³-hybridized carbons (Fsp3) is 0.769. The molecule has 0 aliphatic carbocycles. The first kappa shape index (κ1) is 16.4. The van der Waals surface area contributed by atoms with E-state index in [0.29, 0.717) is 36.8 Å². The van der Waals surface area contributed by atoms with Gasteiger partial charge in [-0.25, -0.2) is 4.68 Å². The summed E-state index contributed by atoms with van der Waals surface area (Å²) in [4.78, 5) is 10.9. The molecule has 0 aliphatic rings. The second kappa shape index (κ2) is 7.84. The lowest BCUT2D eigenvalue weighted by Gasteiger charge is -2.14. The molecule has 1 rings (SSSR count). The van der Waals surface area contributed by atoms with Crippen molar-refractivity contribution >= 4 is 11.5 Å². The number of aliphatic hydroxyl groups is 1. The molecule has 0 saturated heterocycles. The molecule has 1 heterocycles. The minimum absolute atomic E-state index is 0.0770. The van der Waals surface area contributed by atoms with E-state index in [9.17, 15) is 10.1 Å². The van der Waals surface area contributed by atoms with Gasteiger partial charge in [0.2, 0.25) is 5.82 Å². The Morgan fingerprint density at radius 2 is 2.20 bits per heavy atom. The normalized spacial score (nSPS) is 12.4. The van der Waals surface area contributed by atoms with Crippen LogP contribution >= 0.6 is 0 Å². The van der Waals surface area contributed by atoms with Gasteiger partial charge in [0, 0.05) is 20.2 Å². The summed E-state index contributed by atoms with van der Waals surface area (Å²) in [6.45, 7) is 4.75. The highest BCUT2D eigenvalue weighted by molar-refractivity contribution is 5.59. The van der Waals surface area contributed by atoms with E-state index in [0.717, 1.165) is 12.8 Å². The molecule has 0 saturated carbocycles. The van der Waals surface area contributed by atoms with E-state index >= 15 is 0 Å². The van der Waals surface area contributed by atoms with Gasteiger partial charge in [0.15, 0.2) is 0 Å². The quantitative estimate of drug-likeness (QED) is 0.535. The molecule has 0 bridgehead atoms. The molecule has 1 atom stereocenters. The minimum Gasteiger partial charge on any atom is -0.396 e. The zero-order chi connectivity index (χ0) is 15.1. The predicted molar refractivity (Wildman–Crippen MR) is 77.8 cm³/mol. The van der Waals surface area contributed by atoms with E-state index in [-0.39, 0.29) is 17.2 Å². The number of aryl methyl sites for hydroxylation is 2. The maximum absolute atomic E-state index is 11.2. The van der Waals surface area contributed by atoms with Gasteiger partial charge in [-0.2, -0.15) is 5.10 Å². The SMILES string of the molecule is CCCc1nn(C)c(NCC(CC)CCO)c1[N+](=O)[O-]. The van der Waals surface area contributed by atoms with Gasteiger partial charge in [-0.15, -0.1) is 0 Å². The Balaban J connectivity index is 2.90. The van der Waals surface area contributed by atoms with Crippen molar-refractivity contribution in [2.75, 3.05) is 18.5 Å². The molecule has 0 amide bonds. The molecule has 0 aliphatic heterocycles. The van der Waals surface area contributed by atoms with Gasteiger partial charge >= 0.3 is 5.69 Å². The maximum atomic E-state index is 11.2. The van der Waals surface area contributed by atoms with Gasteiger partial charge < -0.3 is 10.4 Å². The van der Waals surface area contributed by atoms with Gasteiger partial charge in [-0.05, 0) is 18.8 Å². The van der Waals surface area contributed by atoms with Crippen LogP contribution in [0.1, 0.15) is 38.8 Å². The Kier molecular flexibility index (Phi) is 6.44. The number of hydrogen-bond donors (Lipinski definition) is 2. The number of anilines is 1. The summed E-state index contributed by atoms with van der Waals surface area (Å²) in [5.41, 5.74) is 0.603. The monoisotopic (exact) mass is 284 g/mol. The molecular formula is C13H24N4O3. The second-order valence-electron chi connectivity index (χ2n) is 4.94. The van der Waals surface area contributed by atoms with E-state index in [2.05, 4.69) is 10.4 Å². The Morgan fingerprint density at radius 1 is 1.50 bits per heavy atom. The topological polar surface area (TPSA) is 93.2 Å². The molecule has 2 N–H and O–H groups in total. The zero-order valence-corrected chi connectivity index (χ0v) is 12.4. The molecule has 7 heteroatoms. The standard InChI is InChI=1S/C13H24N4O3/c1-4-6-11-12(17(19)20)13(16(3)15-11)14-9-10(5-2)7-8-18/h10,14,18H,4-9H2,1-3H3. The number of nitrogens with one attached hydrogen (secondary N) is 1. The summed E-state index contributed by atoms with van der Waals surface area (Å²) in [5.74, 6) is 0.749. The summed E-state index contributed by atoms with van der Waals surface area (Å²) < 4.78 is 1.54. The number of rotatable bonds is 9. The van der Waals surface area contributed by atoms with Crippen LogP contribution in [0.4, 0.5) is 11.5 Å². The highest BCUT2D eigenvalue weighted by atomic mass is 16.6. The first-order valence-electron chi connectivity index (χ1n) is 7.10. The number of aliphatic hydroxyl groups excluding tert-OH is 1. The average Bonchev–Trinajstić information content (AvgIpc) is 2.71. The Morgan fingerprint density at radius 3 is 2.70 bits per heavy atom. The lowest BCUT2D eigenvalue weighted by molar-refractivity contribution is -0.384. The lowest BCUT2D eigenvalue weighted by atomic mass is 10.0. The number of hydrogen-bond acceptors (Lipinski definition) is 5. The van der Waals surface area contributed by atoms with Gasteiger partial charge in [-0.1, -0.05) is 26.7 Å². The molecule has 114 valence electrons. The highest BCUT2D eigenvalue weighted by Crippen LogP contribution is 2.29. The Bertz CT molecular complexity index is 445. The number of aromatic nitrogens is 2. The average molecular weight is 284 g/mol. The number of nitro groups is 1. The summed E-state index contributed by atoms with van der Waals surface area (Å²) in [7, 11) is 1.71. The van der Waals surface area contributed by atoms with Crippen molar-refractivity contribution in [1.82, 2.24) is 9.78 Å². The summed E-state index contributed by atoms with van der Waals surface area (Å²) >= 11 is 0. The summed E-state index contributed by atoms with van der Waals surface area (Å²) in [6.07, 6.45) is 3.02. The Hall–Kier alpha value is -1.63.